The van der Waals surface area contributed by atoms with Crippen LogP contribution in [0.1, 0.15) is 5.56 Å². The van der Waals surface area contributed by atoms with Gasteiger partial charge in [0.2, 0.25) is 5.89 Å². The van der Waals surface area contributed by atoms with Gasteiger partial charge in [-0.3, -0.25) is 0 Å². The van der Waals surface area contributed by atoms with E-state index in [9.17, 15) is 5.11 Å². The van der Waals surface area contributed by atoms with E-state index in [1.165, 1.54) is 5.56 Å². The van der Waals surface area contributed by atoms with E-state index in [1.54, 1.807) is 18.2 Å². The van der Waals surface area contributed by atoms with Gasteiger partial charge in [0.25, 0.3) is 5.89 Å². The average Bonchev–Trinajstić information content (AvgIpc) is 2.89. The van der Waals surface area contributed by atoms with E-state index in [0.29, 0.717) is 17.3 Å². The fraction of sp³-hybridized carbons (Fsp3) is 0.0667. The van der Waals surface area contributed by atoms with Gasteiger partial charge >= 0.3 is 0 Å². The zero-order valence-electron chi connectivity index (χ0n) is 11.1. The second kappa shape index (κ2) is 5.97. The van der Waals surface area contributed by atoms with Crippen LogP contribution in [0, 0.1) is 6.92 Å². The number of hydrogen-bond donors (Lipinski definition) is 1. The molecule has 0 saturated carbocycles. The van der Waals surface area contributed by atoms with Gasteiger partial charge in [-0.05, 0) is 31.2 Å². The number of benzene rings is 2. The Morgan fingerprint density at radius 1 is 0.900 bits per heavy atom. The maximum Gasteiger partial charge on any atom is 0.251 e. The molecule has 0 bridgehead atoms. The summed E-state index contributed by atoms with van der Waals surface area (Å²) in [5.41, 5.74) is 2.57. The van der Waals surface area contributed by atoms with Crippen molar-refractivity contribution in [1.82, 2.24) is 10.2 Å². The van der Waals surface area contributed by atoms with Gasteiger partial charge in [-0.15, -0.1) is 10.2 Å². The predicted molar refractivity (Wildman–Crippen MR) is 71.6 cm³/mol. The number of nitrogens with zero attached hydrogens (tertiary/aromatic N) is 2. The first-order valence-electron chi connectivity index (χ1n) is 5.93. The first-order chi connectivity index (χ1) is 9.24. The monoisotopic (exact) mass is 316 g/mol. The van der Waals surface area contributed by atoms with Gasteiger partial charge in [0.05, 0.1) is 5.56 Å². The van der Waals surface area contributed by atoms with Gasteiger partial charge in [0, 0.05) is 25.0 Å². The van der Waals surface area contributed by atoms with E-state index in [4.69, 9.17) is 4.42 Å². The predicted octanol–water partition coefficient (Wildman–Crippen LogP) is 3.42. The Bertz CT molecular complexity index is 708. The zero-order valence-corrected chi connectivity index (χ0v) is 14.0. The molecule has 2 aromatic carbocycles. The molecule has 1 heterocycles. The third-order valence-electron chi connectivity index (χ3n) is 2.86. The third kappa shape index (κ3) is 2.78. The molecule has 0 radical (unpaired) electrons. The van der Waals surface area contributed by atoms with Crippen molar-refractivity contribution in [2.45, 2.75) is 6.92 Å². The Morgan fingerprint density at radius 2 is 1.55 bits per heavy atom. The number of phenols is 1. The zero-order chi connectivity index (χ0) is 13.2. The van der Waals surface area contributed by atoms with E-state index < -0.39 is 0 Å². The molecule has 0 spiro atoms. The quantitative estimate of drug-likeness (QED) is 0.736. The summed E-state index contributed by atoms with van der Waals surface area (Å²) in [6.07, 6.45) is 0. The van der Waals surface area contributed by atoms with Crippen LogP contribution in [0.4, 0.5) is 0 Å². The van der Waals surface area contributed by atoms with Gasteiger partial charge in [-0.1, -0.05) is 29.8 Å². The van der Waals surface area contributed by atoms with Crippen molar-refractivity contribution in [2.24, 2.45) is 0 Å². The van der Waals surface area contributed by atoms with Crippen molar-refractivity contribution in [2.75, 3.05) is 0 Å². The Kier molecular flexibility index (Phi) is 4.30. The van der Waals surface area contributed by atoms with E-state index in [-0.39, 0.29) is 25.2 Å². The standard InChI is InChI=1S/C15H12N2O2.Zn/c1-10-6-8-11(9-7-10)14-16-17-15(19-14)12-4-2-3-5-13(12)18;/h2-9,18H,1H3;. The Balaban J connectivity index is 0.00000147. The Labute approximate surface area is 129 Å². The number of para-hydroxylation sites is 1. The van der Waals surface area contributed by atoms with E-state index in [1.807, 2.05) is 37.3 Å². The summed E-state index contributed by atoms with van der Waals surface area (Å²) >= 11 is 0. The molecule has 0 fully saturated rings. The molecular weight excluding hydrogens is 306 g/mol. The molecule has 0 amide bonds. The fourth-order valence-corrected chi connectivity index (χ4v) is 1.80. The van der Waals surface area contributed by atoms with Crippen molar-refractivity contribution in [3.63, 3.8) is 0 Å². The van der Waals surface area contributed by atoms with Gasteiger partial charge in [-0.2, -0.15) is 0 Å². The van der Waals surface area contributed by atoms with E-state index >= 15 is 0 Å². The molecular formula is C15H12N2O2Zn. The van der Waals surface area contributed by atoms with Gasteiger partial charge in [0.15, 0.2) is 0 Å². The maximum atomic E-state index is 9.75. The molecule has 3 aromatic rings. The second-order valence-electron chi connectivity index (χ2n) is 4.30. The SMILES string of the molecule is Cc1ccc(-c2nnc(-c3ccccc3O)o2)cc1.[Zn]. The summed E-state index contributed by atoms with van der Waals surface area (Å²) in [7, 11) is 0. The van der Waals surface area contributed by atoms with Crippen LogP contribution < -0.4 is 0 Å². The smallest absolute Gasteiger partial charge is 0.251 e. The second-order valence-corrected chi connectivity index (χ2v) is 4.30. The molecule has 0 atom stereocenters. The van der Waals surface area contributed by atoms with Crippen molar-refractivity contribution in [3.8, 4) is 28.7 Å². The van der Waals surface area contributed by atoms with Gasteiger partial charge in [-0.25, -0.2) is 0 Å². The molecule has 4 nitrogen and oxygen atoms in total. The first-order valence-corrected chi connectivity index (χ1v) is 5.93. The minimum atomic E-state index is 0. The molecule has 0 aliphatic heterocycles. The molecule has 0 aliphatic carbocycles. The van der Waals surface area contributed by atoms with Crippen molar-refractivity contribution < 1.29 is 29.0 Å². The third-order valence-corrected chi connectivity index (χ3v) is 2.86. The van der Waals surface area contributed by atoms with Crippen LogP contribution in [0.15, 0.2) is 52.9 Å². The van der Waals surface area contributed by atoms with Gasteiger partial charge < -0.3 is 9.52 Å². The number of aryl methyl sites for hydroxylation is 1. The summed E-state index contributed by atoms with van der Waals surface area (Å²) in [5.74, 6) is 0.883. The van der Waals surface area contributed by atoms with Crippen molar-refractivity contribution in [3.05, 3.63) is 54.1 Å². The minimum Gasteiger partial charge on any atom is -0.507 e. The molecule has 20 heavy (non-hydrogen) atoms. The Morgan fingerprint density at radius 3 is 2.25 bits per heavy atom. The number of aromatic nitrogens is 2. The van der Waals surface area contributed by atoms with Crippen LogP contribution in [0.3, 0.4) is 0 Å². The summed E-state index contributed by atoms with van der Waals surface area (Å²) in [5, 5.41) is 17.7. The van der Waals surface area contributed by atoms with Crippen LogP contribution >= 0.6 is 0 Å². The molecule has 1 N–H and O–H groups in total. The van der Waals surface area contributed by atoms with E-state index in [2.05, 4.69) is 10.2 Å². The maximum absolute atomic E-state index is 9.75. The van der Waals surface area contributed by atoms with Crippen LogP contribution in [-0.4, -0.2) is 15.3 Å². The van der Waals surface area contributed by atoms with Crippen molar-refractivity contribution >= 4 is 0 Å². The molecule has 3 rings (SSSR count). The number of phenolic OH excluding ortho intramolecular Hbond substituents is 1. The van der Waals surface area contributed by atoms with Crippen LogP contribution in [0.2, 0.25) is 0 Å². The van der Waals surface area contributed by atoms with Crippen molar-refractivity contribution in [1.29, 1.82) is 0 Å². The van der Waals surface area contributed by atoms with Crippen LogP contribution in [-0.2, 0) is 19.5 Å². The molecule has 5 heteroatoms. The minimum absolute atomic E-state index is 0. The fourth-order valence-electron chi connectivity index (χ4n) is 1.80. The number of aromatic hydroxyl groups is 1. The molecule has 0 unspecified atom stereocenters. The summed E-state index contributed by atoms with van der Waals surface area (Å²) in [6, 6.07) is 14.7. The number of hydrogen-bond acceptors (Lipinski definition) is 4. The van der Waals surface area contributed by atoms with E-state index in [0.717, 1.165) is 5.56 Å². The van der Waals surface area contributed by atoms with Crippen LogP contribution in [0.25, 0.3) is 22.9 Å². The first kappa shape index (κ1) is 14.4. The Hall–Kier alpha value is -2.00. The molecule has 0 saturated heterocycles. The average molecular weight is 318 g/mol. The molecule has 96 valence electrons. The summed E-state index contributed by atoms with van der Waals surface area (Å²) in [4.78, 5) is 0. The summed E-state index contributed by atoms with van der Waals surface area (Å²) < 4.78 is 5.59. The van der Waals surface area contributed by atoms with Crippen LogP contribution in [0.5, 0.6) is 5.75 Å². The topological polar surface area (TPSA) is 59.2 Å². The van der Waals surface area contributed by atoms with Gasteiger partial charge in [0.1, 0.15) is 5.75 Å². The summed E-state index contributed by atoms with van der Waals surface area (Å²) in [6.45, 7) is 2.02. The molecule has 0 aliphatic rings. The largest absolute Gasteiger partial charge is 0.507 e. The normalized spacial score (nSPS) is 10.1. The molecule has 1 aromatic heterocycles. The number of rotatable bonds is 2.